The molecule has 0 unspecified atom stereocenters. The highest BCUT2D eigenvalue weighted by Gasteiger charge is 2.18. The number of rotatable bonds is 6. The first kappa shape index (κ1) is 17.7. The van der Waals surface area contributed by atoms with Gasteiger partial charge in [0.1, 0.15) is 6.54 Å². The number of hydrogen-bond donors (Lipinski definition) is 2. The molecule has 2 amide bonds. The highest BCUT2D eigenvalue weighted by Crippen LogP contribution is 2.14. The van der Waals surface area contributed by atoms with Gasteiger partial charge in [-0.1, -0.05) is 18.2 Å². The maximum Gasteiger partial charge on any atom is 0.326 e. The van der Waals surface area contributed by atoms with E-state index in [4.69, 9.17) is 4.74 Å². The fourth-order valence-electron chi connectivity index (χ4n) is 1.85. The van der Waals surface area contributed by atoms with Crippen molar-refractivity contribution < 1.29 is 19.1 Å². The molecule has 1 heterocycles. The molecular weight excluding hydrogens is 328 g/mol. The first-order valence-electron chi connectivity index (χ1n) is 7.35. The van der Waals surface area contributed by atoms with E-state index in [0.29, 0.717) is 10.6 Å². The first-order valence-corrected chi connectivity index (χ1v) is 8.17. The second-order valence-electron chi connectivity index (χ2n) is 5.08. The summed E-state index contributed by atoms with van der Waals surface area (Å²) in [6.45, 7) is 3.07. The lowest BCUT2D eigenvalue weighted by Gasteiger charge is -2.13. The Bertz CT molecular complexity index is 727. The molecule has 7 heteroatoms. The van der Waals surface area contributed by atoms with Crippen LogP contribution in [0.4, 0.5) is 5.69 Å². The highest BCUT2D eigenvalue weighted by atomic mass is 32.1. The van der Waals surface area contributed by atoms with Crippen LogP contribution in [0.25, 0.3) is 0 Å². The number of carbonyl (C=O) groups is 3. The number of aryl methyl sites for hydroxylation is 1. The van der Waals surface area contributed by atoms with Gasteiger partial charge in [0.2, 0.25) is 0 Å². The molecule has 1 aromatic heterocycles. The molecule has 1 atom stereocenters. The molecule has 1 aromatic carbocycles. The third-order valence-electron chi connectivity index (χ3n) is 3.08. The summed E-state index contributed by atoms with van der Waals surface area (Å²) < 4.78 is 5.01. The minimum Gasteiger partial charge on any atom is -0.451 e. The van der Waals surface area contributed by atoms with Gasteiger partial charge >= 0.3 is 5.97 Å². The molecule has 24 heavy (non-hydrogen) atoms. The van der Waals surface area contributed by atoms with Crippen molar-refractivity contribution in [3.8, 4) is 0 Å². The van der Waals surface area contributed by atoms with Crippen LogP contribution in [0.2, 0.25) is 0 Å². The van der Waals surface area contributed by atoms with Crippen molar-refractivity contribution >= 4 is 34.8 Å². The highest BCUT2D eigenvalue weighted by molar-refractivity contribution is 7.13. The molecule has 2 rings (SSSR count). The molecule has 0 bridgehead atoms. The summed E-state index contributed by atoms with van der Waals surface area (Å²) in [5, 5.41) is 5.11. The number of nitrogens with one attached hydrogen (secondary N) is 2. The fraction of sp³-hybridized carbons (Fsp3) is 0.235. The summed E-state index contributed by atoms with van der Waals surface area (Å²) in [6.07, 6.45) is -0.960. The zero-order chi connectivity index (χ0) is 17.5. The van der Waals surface area contributed by atoms with Gasteiger partial charge in [0.15, 0.2) is 6.10 Å². The van der Waals surface area contributed by atoms with E-state index < -0.39 is 18.0 Å². The molecule has 0 radical (unpaired) electrons. The quantitative estimate of drug-likeness (QED) is 0.787. The zero-order valence-corrected chi connectivity index (χ0v) is 14.2. The van der Waals surface area contributed by atoms with Crippen LogP contribution in [-0.4, -0.2) is 30.4 Å². The third kappa shape index (κ3) is 5.20. The molecule has 0 aliphatic carbocycles. The minimum absolute atomic E-state index is 0.293. The van der Waals surface area contributed by atoms with Gasteiger partial charge in [-0.25, -0.2) is 0 Å². The van der Waals surface area contributed by atoms with Crippen molar-refractivity contribution in [1.29, 1.82) is 0 Å². The number of hydrogen-bond acceptors (Lipinski definition) is 5. The number of anilines is 1. The maximum atomic E-state index is 11.9. The van der Waals surface area contributed by atoms with Crippen LogP contribution >= 0.6 is 11.3 Å². The molecule has 0 spiro atoms. The van der Waals surface area contributed by atoms with Crippen molar-refractivity contribution in [1.82, 2.24) is 5.32 Å². The van der Waals surface area contributed by atoms with E-state index in [1.165, 1.54) is 18.3 Å². The van der Waals surface area contributed by atoms with Crippen molar-refractivity contribution in [2.75, 3.05) is 11.9 Å². The monoisotopic (exact) mass is 346 g/mol. The zero-order valence-electron chi connectivity index (χ0n) is 13.4. The average Bonchev–Trinajstić information content (AvgIpc) is 3.00. The van der Waals surface area contributed by atoms with Gasteiger partial charge in [-0.2, -0.15) is 0 Å². The number of esters is 1. The molecule has 0 aliphatic heterocycles. The van der Waals surface area contributed by atoms with Crippen LogP contribution in [0.1, 0.15) is 21.5 Å². The van der Waals surface area contributed by atoms with Crippen LogP contribution in [0.15, 0.2) is 42.5 Å². The normalized spacial score (nSPS) is 11.4. The summed E-state index contributed by atoms with van der Waals surface area (Å²) in [5.41, 5.74) is 0.617. The van der Waals surface area contributed by atoms with Gasteiger partial charge in [-0.3, -0.25) is 14.4 Å². The van der Waals surface area contributed by atoms with Gasteiger partial charge in [-0.15, -0.1) is 11.3 Å². The molecule has 6 nitrogen and oxygen atoms in total. The molecular formula is C17H18N2O4S. The number of thiophene rings is 1. The second kappa shape index (κ2) is 8.26. The van der Waals surface area contributed by atoms with Crippen LogP contribution in [-0.2, 0) is 14.3 Å². The fourth-order valence-corrected chi connectivity index (χ4v) is 2.64. The number of amides is 2. The molecule has 0 saturated carbocycles. The summed E-state index contributed by atoms with van der Waals surface area (Å²) >= 11 is 1.34. The summed E-state index contributed by atoms with van der Waals surface area (Å²) in [5.74, 6) is -1.45. The Morgan fingerprint density at radius 3 is 2.46 bits per heavy atom. The van der Waals surface area contributed by atoms with E-state index in [0.717, 1.165) is 4.88 Å². The molecule has 0 aliphatic rings. The number of para-hydroxylation sites is 1. The van der Waals surface area contributed by atoms with Gasteiger partial charge < -0.3 is 15.4 Å². The molecule has 0 saturated heterocycles. The summed E-state index contributed by atoms with van der Waals surface area (Å²) in [6, 6.07) is 12.4. The Kier molecular flexibility index (Phi) is 6.08. The Morgan fingerprint density at radius 2 is 1.83 bits per heavy atom. The van der Waals surface area contributed by atoms with E-state index in [1.807, 2.05) is 19.1 Å². The molecule has 0 fully saturated rings. The smallest absolute Gasteiger partial charge is 0.326 e. The largest absolute Gasteiger partial charge is 0.451 e. The lowest BCUT2D eigenvalue weighted by Crippen LogP contribution is -2.35. The van der Waals surface area contributed by atoms with Crippen LogP contribution < -0.4 is 10.6 Å². The first-order chi connectivity index (χ1) is 11.5. The van der Waals surface area contributed by atoms with Crippen molar-refractivity contribution in [3.05, 3.63) is 52.2 Å². The number of ether oxygens (including phenoxy) is 1. The van der Waals surface area contributed by atoms with Crippen molar-refractivity contribution in [2.45, 2.75) is 20.0 Å². The van der Waals surface area contributed by atoms with Crippen LogP contribution in [0.5, 0.6) is 0 Å². The Labute approximate surface area is 143 Å². The van der Waals surface area contributed by atoms with Crippen molar-refractivity contribution in [3.63, 3.8) is 0 Å². The molecule has 2 N–H and O–H groups in total. The SMILES string of the molecule is Cc1ccc(C(=O)NCC(=O)O[C@@H](C)C(=O)Nc2ccccc2)s1. The second-order valence-corrected chi connectivity index (χ2v) is 6.37. The van der Waals surface area contributed by atoms with E-state index in [-0.39, 0.29) is 12.5 Å². The maximum absolute atomic E-state index is 11.9. The Hall–Kier alpha value is -2.67. The Balaban J connectivity index is 1.77. The van der Waals surface area contributed by atoms with Crippen molar-refractivity contribution in [2.24, 2.45) is 0 Å². The van der Waals surface area contributed by atoms with E-state index >= 15 is 0 Å². The summed E-state index contributed by atoms with van der Waals surface area (Å²) in [7, 11) is 0. The van der Waals surface area contributed by atoms with E-state index in [9.17, 15) is 14.4 Å². The van der Waals surface area contributed by atoms with E-state index in [1.54, 1.807) is 30.3 Å². The predicted molar refractivity (Wildman–Crippen MR) is 92.0 cm³/mol. The van der Waals surface area contributed by atoms with Crippen LogP contribution in [0.3, 0.4) is 0 Å². The Morgan fingerprint density at radius 1 is 1.12 bits per heavy atom. The predicted octanol–water partition coefficient (Wildman–Crippen LogP) is 2.36. The lowest BCUT2D eigenvalue weighted by atomic mass is 10.3. The van der Waals surface area contributed by atoms with Gasteiger partial charge in [0, 0.05) is 10.6 Å². The summed E-state index contributed by atoms with van der Waals surface area (Å²) in [4.78, 5) is 37.0. The van der Waals surface area contributed by atoms with Gasteiger partial charge in [0.05, 0.1) is 4.88 Å². The average molecular weight is 346 g/mol. The van der Waals surface area contributed by atoms with Gasteiger partial charge in [0.25, 0.3) is 11.8 Å². The van der Waals surface area contributed by atoms with Gasteiger partial charge in [-0.05, 0) is 38.1 Å². The topological polar surface area (TPSA) is 84.5 Å². The molecule has 2 aromatic rings. The third-order valence-corrected chi connectivity index (χ3v) is 4.08. The number of carbonyl (C=O) groups excluding carboxylic acids is 3. The minimum atomic E-state index is -0.960. The number of benzene rings is 1. The standard InChI is InChI=1S/C17H18N2O4S/c1-11-8-9-14(24-11)17(22)18-10-15(20)23-12(2)16(21)19-13-6-4-3-5-7-13/h3-9,12H,10H2,1-2H3,(H,18,22)(H,19,21)/t12-/m0/s1. The lowest BCUT2D eigenvalue weighted by molar-refractivity contribution is -0.152. The van der Waals surface area contributed by atoms with E-state index in [2.05, 4.69) is 10.6 Å². The molecule has 126 valence electrons. The van der Waals surface area contributed by atoms with Crippen LogP contribution in [0, 0.1) is 6.92 Å².